The summed E-state index contributed by atoms with van der Waals surface area (Å²) in [7, 11) is -3.50. The zero-order valence-corrected chi connectivity index (χ0v) is 12.4. The lowest BCUT2D eigenvalue weighted by Crippen LogP contribution is -2.38. The Bertz CT molecular complexity index is 581. The van der Waals surface area contributed by atoms with Crippen molar-refractivity contribution in [1.82, 2.24) is 4.72 Å². The van der Waals surface area contributed by atoms with Gasteiger partial charge in [0.2, 0.25) is 10.0 Å². The van der Waals surface area contributed by atoms with Crippen LogP contribution in [-0.2, 0) is 10.0 Å². The van der Waals surface area contributed by atoms with Crippen LogP contribution < -0.4 is 4.72 Å². The molecule has 0 aromatic heterocycles. The number of sulfonamides is 1. The molecule has 0 saturated heterocycles. The van der Waals surface area contributed by atoms with Crippen molar-refractivity contribution in [2.45, 2.75) is 32.4 Å². The van der Waals surface area contributed by atoms with Crippen LogP contribution in [0.1, 0.15) is 38.1 Å². The highest BCUT2D eigenvalue weighted by molar-refractivity contribution is 7.90. The molecular formula is C14H19NO3S. The van der Waals surface area contributed by atoms with Gasteiger partial charge in [-0.1, -0.05) is 30.3 Å². The molecule has 0 aliphatic heterocycles. The fourth-order valence-electron chi connectivity index (χ4n) is 1.28. The van der Waals surface area contributed by atoms with Gasteiger partial charge in [0.15, 0.2) is 5.78 Å². The predicted molar refractivity (Wildman–Crippen MR) is 76.3 cm³/mol. The molecular weight excluding hydrogens is 262 g/mol. The van der Waals surface area contributed by atoms with Gasteiger partial charge in [-0.15, -0.1) is 0 Å². The monoisotopic (exact) mass is 281 g/mol. The normalized spacial score (nSPS) is 13.2. The maximum Gasteiger partial charge on any atom is 0.237 e. The van der Waals surface area contributed by atoms with E-state index in [0.29, 0.717) is 11.3 Å². The zero-order valence-electron chi connectivity index (χ0n) is 11.6. The maximum absolute atomic E-state index is 11.9. The van der Waals surface area contributed by atoms with E-state index in [1.807, 2.05) is 6.07 Å². The first-order chi connectivity index (χ1) is 8.63. The van der Waals surface area contributed by atoms with E-state index in [-0.39, 0.29) is 5.78 Å². The summed E-state index contributed by atoms with van der Waals surface area (Å²) in [6, 6.07) is 8.70. The highest BCUT2D eigenvalue weighted by Gasteiger charge is 2.28. The Labute approximate surface area is 114 Å². The molecule has 104 valence electrons. The summed E-state index contributed by atoms with van der Waals surface area (Å²) in [6.07, 6.45) is 1.29. The molecule has 4 nitrogen and oxygen atoms in total. The molecule has 0 unspecified atom stereocenters. The minimum absolute atomic E-state index is 0.227. The molecule has 0 spiro atoms. The third-order valence-corrected chi connectivity index (χ3v) is 4.71. The van der Waals surface area contributed by atoms with Gasteiger partial charge in [-0.25, -0.2) is 8.42 Å². The molecule has 5 heteroatoms. The minimum atomic E-state index is -3.50. The van der Waals surface area contributed by atoms with Crippen LogP contribution in [0.5, 0.6) is 0 Å². The molecule has 1 aromatic rings. The van der Waals surface area contributed by atoms with Gasteiger partial charge in [0.25, 0.3) is 0 Å². The highest BCUT2D eigenvalue weighted by atomic mass is 32.2. The van der Waals surface area contributed by atoms with Crippen LogP contribution in [0.2, 0.25) is 0 Å². The molecule has 1 rings (SSSR count). The second kappa shape index (κ2) is 5.57. The van der Waals surface area contributed by atoms with Crippen LogP contribution in [0, 0.1) is 0 Å². The number of carbonyl (C=O) groups is 1. The Kier molecular flexibility index (Phi) is 4.52. The van der Waals surface area contributed by atoms with Crippen molar-refractivity contribution >= 4 is 15.8 Å². The molecule has 0 aliphatic carbocycles. The van der Waals surface area contributed by atoms with E-state index in [1.54, 1.807) is 52.0 Å². The van der Waals surface area contributed by atoms with Gasteiger partial charge in [-0.2, -0.15) is 0 Å². The van der Waals surface area contributed by atoms with E-state index in [2.05, 4.69) is 4.72 Å². The Balaban J connectivity index is 2.88. The average Bonchev–Trinajstić information content (AvgIpc) is 2.27. The lowest BCUT2D eigenvalue weighted by molar-refractivity contribution is 0.104. The molecule has 0 amide bonds. The number of hydrogen-bond acceptors (Lipinski definition) is 3. The van der Waals surface area contributed by atoms with Crippen LogP contribution >= 0.6 is 0 Å². The second-order valence-corrected chi connectivity index (χ2v) is 7.71. The van der Waals surface area contributed by atoms with Gasteiger partial charge in [0.1, 0.15) is 0 Å². The Morgan fingerprint density at radius 1 is 1.16 bits per heavy atom. The van der Waals surface area contributed by atoms with Gasteiger partial charge in [0, 0.05) is 17.3 Å². The Morgan fingerprint density at radius 3 is 2.16 bits per heavy atom. The van der Waals surface area contributed by atoms with E-state index in [4.69, 9.17) is 0 Å². The van der Waals surface area contributed by atoms with Gasteiger partial charge in [-0.05, 0) is 27.7 Å². The number of nitrogens with one attached hydrogen (secondary N) is 1. The molecule has 0 atom stereocenters. The average molecular weight is 281 g/mol. The summed E-state index contributed by atoms with van der Waals surface area (Å²) in [6.45, 7) is 6.36. The summed E-state index contributed by atoms with van der Waals surface area (Å²) in [4.78, 5) is 11.9. The third kappa shape index (κ3) is 4.21. The largest absolute Gasteiger partial charge is 0.289 e. The van der Waals surface area contributed by atoms with Crippen LogP contribution in [0.25, 0.3) is 0 Å². The molecule has 19 heavy (non-hydrogen) atoms. The van der Waals surface area contributed by atoms with Gasteiger partial charge in [0.05, 0.1) is 4.75 Å². The number of benzene rings is 1. The van der Waals surface area contributed by atoms with Crippen LogP contribution in [0.3, 0.4) is 0 Å². The van der Waals surface area contributed by atoms with E-state index in [1.165, 1.54) is 6.08 Å². The van der Waals surface area contributed by atoms with Crippen molar-refractivity contribution in [3.8, 4) is 0 Å². The van der Waals surface area contributed by atoms with Crippen molar-refractivity contribution in [3.63, 3.8) is 0 Å². The van der Waals surface area contributed by atoms with Crippen molar-refractivity contribution < 1.29 is 13.2 Å². The van der Waals surface area contributed by atoms with Gasteiger partial charge < -0.3 is 0 Å². The van der Waals surface area contributed by atoms with Crippen LogP contribution in [0.4, 0.5) is 0 Å². The highest BCUT2D eigenvalue weighted by Crippen LogP contribution is 2.14. The number of ketones is 1. The lowest BCUT2D eigenvalue weighted by atomic mass is 10.1. The van der Waals surface area contributed by atoms with Crippen molar-refractivity contribution in [1.29, 1.82) is 0 Å². The number of carbonyl (C=O) groups excluding carboxylic acids is 1. The molecule has 0 saturated carbocycles. The molecule has 1 aromatic carbocycles. The SMILES string of the molecule is C/C(=C\C(=O)c1ccccc1)NS(=O)(=O)C(C)(C)C. The summed E-state index contributed by atoms with van der Waals surface area (Å²) in [5.74, 6) is -0.227. The van der Waals surface area contributed by atoms with E-state index < -0.39 is 14.8 Å². The fraction of sp³-hybridized carbons (Fsp3) is 0.357. The van der Waals surface area contributed by atoms with Crippen molar-refractivity contribution in [2.24, 2.45) is 0 Å². The first-order valence-corrected chi connectivity index (χ1v) is 7.42. The fourth-order valence-corrected chi connectivity index (χ4v) is 2.07. The van der Waals surface area contributed by atoms with Gasteiger partial charge >= 0.3 is 0 Å². The third-order valence-electron chi connectivity index (χ3n) is 2.51. The van der Waals surface area contributed by atoms with Crippen LogP contribution in [-0.4, -0.2) is 18.9 Å². The van der Waals surface area contributed by atoms with Gasteiger partial charge in [-0.3, -0.25) is 9.52 Å². The molecule has 1 N–H and O–H groups in total. The maximum atomic E-state index is 11.9. The zero-order chi connectivity index (χ0) is 14.7. The predicted octanol–water partition coefficient (Wildman–Crippen LogP) is 2.49. The standard InChI is InChI=1S/C14H19NO3S/c1-11(15-19(17,18)14(2,3)4)10-13(16)12-8-6-5-7-9-12/h5-10,15H,1-4H3/b11-10+. The second-order valence-electron chi connectivity index (χ2n) is 5.28. The van der Waals surface area contributed by atoms with Crippen LogP contribution in [0.15, 0.2) is 42.1 Å². The summed E-state index contributed by atoms with van der Waals surface area (Å²) in [5, 5.41) is 0. The first-order valence-electron chi connectivity index (χ1n) is 5.93. The summed E-state index contributed by atoms with van der Waals surface area (Å²) >= 11 is 0. The topological polar surface area (TPSA) is 63.2 Å². The Morgan fingerprint density at radius 2 is 1.68 bits per heavy atom. The number of hydrogen-bond donors (Lipinski definition) is 1. The van der Waals surface area contributed by atoms with Crippen molar-refractivity contribution in [2.75, 3.05) is 0 Å². The van der Waals surface area contributed by atoms with Crippen molar-refractivity contribution in [3.05, 3.63) is 47.7 Å². The molecule has 0 radical (unpaired) electrons. The Hall–Kier alpha value is -1.62. The number of allylic oxidation sites excluding steroid dienone is 2. The number of rotatable bonds is 4. The van der Waals surface area contributed by atoms with E-state index >= 15 is 0 Å². The summed E-state index contributed by atoms with van der Waals surface area (Å²) in [5.41, 5.74) is 0.834. The molecule has 0 fully saturated rings. The smallest absolute Gasteiger partial charge is 0.237 e. The van der Waals surface area contributed by atoms with E-state index in [9.17, 15) is 13.2 Å². The van der Waals surface area contributed by atoms with E-state index in [0.717, 1.165) is 0 Å². The molecule has 0 heterocycles. The summed E-state index contributed by atoms with van der Waals surface area (Å²) < 4.78 is 25.3. The molecule has 0 bridgehead atoms. The lowest BCUT2D eigenvalue weighted by Gasteiger charge is -2.20. The quantitative estimate of drug-likeness (QED) is 0.681. The minimum Gasteiger partial charge on any atom is -0.289 e. The first kappa shape index (κ1) is 15.4. The molecule has 0 aliphatic rings.